The van der Waals surface area contributed by atoms with Crippen molar-refractivity contribution in [1.82, 2.24) is 4.90 Å². The van der Waals surface area contributed by atoms with Gasteiger partial charge in [-0.25, -0.2) is 0 Å². The quantitative estimate of drug-likeness (QED) is 0.684. The third kappa shape index (κ3) is 3.37. The summed E-state index contributed by atoms with van der Waals surface area (Å²) in [6.07, 6.45) is 0.768. The summed E-state index contributed by atoms with van der Waals surface area (Å²) in [5, 5.41) is 9.04. The number of hydrogen-bond acceptors (Lipinski definition) is 4. The molecule has 1 fully saturated rings. The van der Waals surface area contributed by atoms with Crippen LogP contribution in [0.5, 0.6) is 0 Å². The summed E-state index contributed by atoms with van der Waals surface area (Å²) in [5.41, 5.74) is 0.853. The molecule has 1 heterocycles. The zero-order valence-corrected chi connectivity index (χ0v) is 11.5. The SMILES string of the molecule is O=C1SC(=Cc2ccccc2)C(=O)N1CC(O)CCl. The first-order chi connectivity index (χ1) is 9.11. The third-order valence-corrected chi connectivity index (χ3v) is 3.81. The standard InChI is InChI=1S/C13H12ClNO3S/c14-7-10(16)8-15-12(17)11(19-13(15)18)6-9-4-2-1-3-5-9/h1-6,10,16H,7-8H2. The Kier molecular flexibility index (Phi) is 4.63. The van der Waals surface area contributed by atoms with Gasteiger partial charge in [0.1, 0.15) is 0 Å². The van der Waals surface area contributed by atoms with Crippen LogP contribution in [-0.2, 0) is 4.79 Å². The van der Waals surface area contributed by atoms with Crippen molar-refractivity contribution >= 4 is 40.6 Å². The molecule has 1 saturated heterocycles. The molecular weight excluding hydrogens is 286 g/mol. The Bertz CT molecular complexity index is 518. The molecule has 0 saturated carbocycles. The molecule has 0 radical (unpaired) electrons. The first kappa shape index (κ1) is 14.1. The average Bonchev–Trinajstić information content (AvgIpc) is 2.67. The Morgan fingerprint density at radius 3 is 2.63 bits per heavy atom. The second-order valence-electron chi connectivity index (χ2n) is 4.01. The first-order valence-electron chi connectivity index (χ1n) is 5.66. The lowest BCUT2D eigenvalue weighted by Crippen LogP contribution is -2.36. The summed E-state index contributed by atoms with van der Waals surface area (Å²) in [7, 11) is 0. The number of aliphatic hydroxyl groups is 1. The lowest BCUT2D eigenvalue weighted by molar-refractivity contribution is -0.123. The van der Waals surface area contributed by atoms with E-state index in [0.717, 1.165) is 22.2 Å². The van der Waals surface area contributed by atoms with Gasteiger partial charge in [0.2, 0.25) is 0 Å². The summed E-state index contributed by atoms with van der Waals surface area (Å²) >= 11 is 6.34. The highest BCUT2D eigenvalue weighted by Gasteiger charge is 2.35. The number of β-amino-alcohol motifs (C(OH)–C–C–N with tert-alkyl or cyclic N) is 1. The second kappa shape index (κ2) is 6.23. The molecule has 6 heteroatoms. The molecule has 100 valence electrons. The maximum Gasteiger partial charge on any atom is 0.293 e. The van der Waals surface area contributed by atoms with E-state index in [9.17, 15) is 14.7 Å². The number of rotatable bonds is 4. The van der Waals surface area contributed by atoms with Gasteiger partial charge in [0, 0.05) is 0 Å². The predicted octanol–water partition coefficient (Wildman–Crippen LogP) is 2.32. The van der Waals surface area contributed by atoms with Crippen LogP contribution in [0, 0.1) is 0 Å². The molecule has 1 aromatic rings. The van der Waals surface area contributed by atoms with E-state index in [4.69, 9.17) is 11.6 Å². The molecule has 19 heavy (non-hydrogen) atoms. The van der Waals surface area contributed by atoms with Crippen molar-refractivity contribution in [2.75, 3.05) is 12.4 Å². The molecule has 0 aromatic heterocycles. The van der Waals surface area contributed by atoms with E-state index < -0.39 is 6.10 Å². The van der Waals surface area contributed by atoms with Gasteiger partial charge in [0.25, 0.3) is 11.1 Å². The van der Waals surface area contributed by atoms with Crippen molar-refractivity contribution in [2.45, 2.75) is 6.10 Å². The third-order valence-electron chi connectivity index (χ3n) is 2.54. The molecule has 1 N–H and O–H groups in total. The summed E-state index contributed by atoms with van der Waals surface area (Å²) in [6.45, 7) is -0.0692. The van der Waals surface area contributed by atoms with Gasteiger partial charge in [-0.15, -0.1) is 11.6 Å². The first-order valence-corrected chi connectivity index (χ1v) is 7.01. The monoisotopic (exact) mass is 297 g/mol. The Morgan fingerprint density at radius 2 is 2.00 bits per heavy atom. The number of thioether (sulfide) groups is 1. The van der Waals surface area contributed by atoms with Crippen LogP contribution < -0.4 is 0 Å². The highest BCUT2D eigenvalue weighted by Crippen LogP contribution is 2.32. The smallest absolute Gasteiger partial charge is 0.293 e. The van der Waals surface area contributed by atoms with Crippen LogP contribution in [0.3, 0.4) is 0 Å². The van der Waals surface area contributed by atoms with Crippen LogP contribution in [0.2, 0.25) is 0 Å². The molecule has 1 atom stereocenters. The minimum Gasteiger partial charge on any atom is -0.390 e. The molecule has 0 spiro atoms. The van der Waals surface area contributed by atoms with Gasteiger partial charge < -0.3 is 5.11 Å². The van der Waals surface area contributed by atoms with E-state index in [1.165, 1.54) is 0 Å². The fourth-order valence-electron chi connectivity index (χ4n) is 1.62. The van der Waals surface area contributed by atoms with Gasteiger partial charge in [-0.05, 0) is 23.4 Å². The van der Waals surface area contributed by atoms with Gasteiger partial charge >= 0.3 is 0 Å². The molecule has 1 aliphatic rings. The normalized spacial score (nSPS) is 19.3. The summed E-state index contributed by atoms with van der Waals surface area (Å²) in [5.74, 6) is -0.401. The topological polar surface area (TPSA) is 57.6 Å². The molecule has 2 amide bonds. The Morgan fingerprint density at radius 1 is 1.32 bits per heavy atom. The molecule has 4 nitrogen and oxygen atoms in total. The summed E-state index contributed by atoms with van der Waals surface area (Å²) in [4.78, 5) is 25.1. The largest absolute Gasteiger partial charge is 0.390 e. The van der Waals surface area contributed by atoms with Crippen molar-refractivity contribution in [3.8, 4) is 0 Å². The number of carbonyl (C=O) groups is 2. The van der Waals surface area contributed by atoms with Crippen molar-refractivity contribution in [2.24, 2.45) is 0 Å². The minimum absolute atomic E-state index is 0.0144. The number of carbonyl (C=O) groups excluding carboxylic acids is 2. The molecule has 2 rings (SSSR count). The van der Waals surface area contributed by atoms with Crippen LogP contribution >= 0.6 is 23.4 Å². The van der Waals surface area contributed by atoms with Crippen molar-refractivity contribution in [3.05, 3.63) is 40.8 Å². The van der Waals surface area contributed by atoms with Crippen molar-refractivity contribution in [3.63, 3.8) is 0 Å². The molecule has 0 bridgehead atoms. The zero-order valence-electron chi connectivity index (χ0n) is 9.95. The van der Waals surface area contributed by atoms with Crippen LogP contribution in [0.4, 0.5) is 4.79 Å². The fourth-order valence-corrected chi connectivity index (χ4v) is 2.56. The number of aliphatic hydroxyl groups excluding tert-OH is 1. The number of imide groups is 1. The molecule has 1 aliphatic heterocycles. The summed E-state index contributed by atoms with van der Waals surface area (Å²) in [6, 6.07) is 9.28. The lowest BCUT2D eigenvalue weighted by atomic mass is 10.2. The number of hydrogen-bond donors (Lipinski definition) is 1. The van der Waals surface area contributed by atoms with E-state index in [0.29, 0.717) is 4.91 Å². The second-order valence-corrected chi connectivity index (χ2v) is 5.31. The van der Waals surface area contributed by atoms with Crippen molar-refractivity contribution < 1.29 is 14.7 Å². The van der Waals surface area contributed by atoms with E-state index in [1.807, 2.05) is 30.3 Å². The summed E-state index contributed by atoms with van der Waals surface area (Å²) < 4.78 is 0. The highest BCUT2D eigenvalue weighted by molar-refractivity contribution is 8.18. The Hall–Kier alpha value is -1.30. The fraction of sp³-hybridized carbons (Fsp3) is 0.231. The van der Waals surface area contributed by atoms with Gasteiger partial charge in [-0.2, -0.15) is 0 Å². The zero-order chi connectivity index (χ0) is 13.8. The molecule has 1 unspecified atom stereocenters. The van der Waals surface area contributed by atoms with Gasteiger partial charge in [0.15, 0.2) is 0 Å². The number of benzene rings is 1. The number of nitrogens with zero attached hydrogens (tertiary/aromatic N) is 1. The average molecular weight is 298 g/mol. The van der Waals surface area contributed by atoms with Crippen molar-refractivity contribution in [1.29, 1.82) is 0 Å². The predicted molar refractivity (Wildman–Crippen MR) is 75.8 cm³/mol. The molecule has 0 aliphatic carbocycles. The van der Waals surface area contributed by atoms with Gasteiger partial charge in [0.05, 0.1) is 23.4 Å². The van der Waals surface area contributed by atoms with Crippen LogP contribution in [0.1, 0.15) is 5.56 Å². The highest BCUT2D eigenvalue weighted by atomic mass is 35.5. The van der Waals surface area contributed by atoms with Crippen LogP contribution in [-0.4, -0.2) is 39.7 Å². The van der Waals surface area contributed by atoms with Gasteiger partial charge in [-0.3, -0.25) is 14.5 Å². The van der Waals surface area contributed by atoms with Gasteiger partial charge in [-0.1, -0.05) is 30.3 Å². The lowest BCUT2D eigenvalue weighted by Gasteiger charge is -2.15. The van der Waals surface area contributed by atoms with Crippen LogP contribution in [0.25, 0.3) is 6.08 Å². The molecular formula is C13H12ClNO3S. The maximum absolute atomic E-state index is 12.0. The molecule has 1 aromatic carbocycles. The van der Waals surface area contributed by atoms with E-state index in [2.05, 4.69) is 0 Å². The van der Waals surface area contributed by atoms with E-state index in [-0.39, 0.29) is 23.6 Å². The van der Waals surface area contributed by atoms with E-state index >= 15 is 0 Å². The minimum atomic E-state index is -0.897. The number of halogens is 1. The van der Waals surface area contributed by atoms with E-state index in [1.54, 1.807) is 6.08 Å². The number of alkyl halides is 1. The number of amides is 2. The maximum atomic E-state index is 12.0. The Balaban J connectivity index is 2.16. The Labute approximate surface area is 120 Å². The van der Waals surface area contributed by atoms with Crippen LogP contribution in [0.15, 0.2) is 35.2 Å².